The zero-order chi connectivity index (χ0) is 10.6. The molecule has 14 heavy (non-hydrogen) atoms. The third-order valence-corrected chi connectivity index (χ3v) is 2.04. The van der Waals surface area contributed by atoms with Crippen LogP contribution >= 0.6 is 11.6 Å². The standard InChI is InChI=1S/C10H11ClN2O/c1-13-10(14)5-3-7-2-4-8(11)9(12)6-7/h2-6H,12H2,1H3,(H,13,14)/b5-3+. The summed E-state index contributed by atoms with van der Waals surface area (Å²) in [5.41, 5.74) is 6.94. The maximum atomic E-state index is 10.9. The second-order valence-corrected chi connectivity index (χ2v) is 3.14. The Morgan fingerprint density at radius 2 is 2.29 bits per heavy atom. The van der Waals surface area contributed by atoms with Crippen LogP contribution in [0.3, 0.4) is 0 Å². The molecule has 4 heteroatoms. The zero-order valence-electron chi connectivity index (χ0n) is 7.75. The zero-order valence-corrected chi connectivity index (χ0v) is 8.51. The summed E-state index contributed by atoms with van der Waals surface area (Å²) in [5, 5.41) is 2.99. The summed E-state index contributed by atoms with van der Waals surface area (Å²) in [6.45, 7) is 0. The van der Waals surface area contributed by atoms with Crippen molar-refractivity contribution in [2.45, 2.75) is 0 Å². The Morgan fingerprint density at radius 1 is 1.57 bits per heavy atom. The summed E-state index contributed by atoms with van der Waals surface area (Å²) in [4.78, 5) is 10.9. The largest absolute Gasteiger partial charge is 0.398 e. The van der Waals surface area contributed by atoms with Gasteiger partial charge >= 0.3 is 0 Å². The number of rotatable bonds is 2. The first-order valence-electron chi connectivity index (χ1n) is 4.08. The maximum absolute atomic E-state index is 10.9. The molecule has 3 nitrogen and oxygen atoms in total. The number of anilines is 1. The van der Waals surface area contributed by atoms with Gasteiger partial charge in [-0.25, -0.2) is 0 Å². The lowest BCUT2D eigenvalue weighted by Gasteiger charge is -1.98. The molecule has 3 N–H and O–H groups in total. The van der Waals surface area contributed by atoms with Crippen LogP contribution in [0, 0.1) is 0 Å². The molecule has 0 fully saturated rings. The van der Waals surface area contributed by atoms with Gasteiger partial charge in [-0.05, 0) is 23.8 Å². The molecule has 1 rings (SSSR count). The van der Waals surface area contributed by atoms with E-state index in [9.17, 15) is 4.79 Å². The van der Waals surface area contributed by atoms with Crippen LogP contribution in [-0.4, -0.2) is 13.0 Å². The van der Waals surface area contributed by atoms with Crippen molar-refractivity contribution in [3.8, 4) is 0 Å². The molecule has 1 aromatic carbocycles. The van der Waals surface area contributed by atoms with Crippen LogP contribution < -0.4 is 11.1 Å². The number of nitrogens with one attached hydrogen (secondary N) is 1. The summed E-state index contributed by atoms with van der Waals surface area (Å²) in [5.74, 6) is -0.154. The Balaban J connectivity index is 2.83. The number of hydrogen-bond acceptors (Lipinski definition) is 2. The summed E-state index contributed by atoms with van der Waals surface area (Å²) < 4.78 is 0. The first kappa shape index (κ1) is 10.6. The van der Waals surface area contributed by atoms with E-state index in [0.717, 1.165) is 5.56 Å². The van der Waals surface area contributed by atoms with E-state index in [1.165, 1.54) is 6.08 Å². The van der Waals surface area contributed by atoms with Crippen molar-refractivity contribution in [2.75, 3.05) is 12.8 Å². The number of benzene rings is 1. The van der Waals surface area contributed by atoms with Crippen LogP contribution in [-0.2, 0) is 4.79 Å². The molecule has 0 aliphatic rings. The minimum absolute atomic E-state index is 0.154. The van der Waals surface area contributed by atoms with E-state index >= 15 is 0 Å². The van der Waals surface area contributed by atoms with Crippen LogP contribution in [0.15, 0.2) is 24.3 Å². The van der Waals surface area contributed by atoms with Gasteiger partial charge in [-0.2, -0.15) is 0 Å². The van der Waals surface area contributed by atoms with Gasteiger partial charge in [0, 0.05) is 13.1 Å². The Kier molecular flexibility index (Phi) is 3.54. The fourth-order valence-electron chi connectivity index (χ4n) is 0.921. The molecular formula is C10H11ClN2O. The van der Waals surface area contributed by atoms with Crippen molar-refractivity contribution in [2.24, 2.45) is 0 Å². The van der Waals surface area contributed by atoms with E-state index in [-0.39, 0.29) is 5.91 Å². The highest BCUT2D eigenvalue weighted by molar-refractivity contribution is 6.33. The summed E-state index contributed by atoms with van der Waals surface area (Å²) in [7, 11) is 1.57. The molecule has 1 aromatic rings. The highest BCUT2D eigenvalue weighted by Gasteiger charge is 1.95. The minimum atomic E-state index is -0.154. The third-order valence-electron chi connectivity index (χ3n) is 1.69. The van der Waals surface area contributed by atoms with Gasteiger partial charge in [0.25, 0.3) is 0 Å². The predicted molar refractivity (Wildman–Crippen MR) is 59.0 cm³/mol. The quantitative estimate of drug-likeness (QED) is 0.577. The molecule has 0 heterocycles. The van der Waals surface area contributed by atoms with Crippen molar-refractivity contribution in [3.05, 3.63) is 34.9 Å². The second kappa shape index (κ2) is 4.67. The van der Waals surface area contributed by atoms with Crippen LogP contribution in [0.5, 0.6) is 0 Å². The number of nitrogen functional groups attached to an aromatic ring is 1. The lowest BCUT2D eigenvalue weighted by molar-refractivity contribution is -0.115. The predicted octanol–water partition coefficient (Wildman–Crippen LogP) is 1.68. The Bertz CT molecular complexity index is 374. The maximum Gasteiger partial charge on any atom is 0.243 e. The van der Waals surface area contributed by atoms with E-state index in [1.807, 2.05) is 0 Å². The van der Waals surface area contributed by atoms with E-state index in [2.05, 4.69) is 5.32 Å². The van der Waals surface area contributed by atoms with Gasteiger partial charge in [-0.3, -0.25) is 4.79 Å². The summed E-state index contributed by atoms with van der Waals surface area (Å²) in [6.07, 6.45) is 3.11. The van der Waals surface area contributed by atoms with E-state index in [0.29, 0.717) is 10.7 Å². The number of likely N-dealkylation sites (N-methyl/N-ethyl adjacent to an activating group) is 1. The van der Waals surface area contributed by atoms with Gasteiger partial charge in [0.2, 0.25) is 5.91 Å². The van der Waals surface area contributed by atoms with Gasteiger partial charge in [-0.15, -0.1) is 0 Å². The number of halogens is 1. The number of hydrogen-bond donors (Lipinski definition) is 2. The number of carbonyl (C=O) groups is 1. The first-order valence-corrected chi connectivity index (χ1v) is 4.46. The molecule has 0 atom stereocenters. The van der Waals surface area contributed by atoms with E-state index < -0.39 is 0 Å². The van der Waals surface area contributed by atoms with Gasteiger partial charge in [-0.1, -0.05) is 17.7 Å². The molecule has 0 saturated carbocycles. The molecule has 0 saturated heterocycles. The average molecular weight is 211 g/mol. The van der Waals surface area contributed by atoms with Gasteiger partial charge in [0.1, 0.15) is 0 Å². The van der Waals surface area contributed by atoms with E-state index in [1.54, 1.807) is 31.3 Å². The minimum Gasteiger partial charge on any atom is -0.398 e. The van der Waals surface area contributed by atoms with Crippen molar-refractivity contribution < 1.29 is 4.79 Å². The summed E-state index contributed by atoms with van der Waals surface area (Å²) >= 11 is 5.74. The van der Waals surface area contributed by atoms with Crippen molar-refractivity contribution in [1.29, 1.82) is 0 Å². The fourth-order valence-corrected chi connectivity index (χ4v) is 1.04. The van der Waals surface area contributed by atoms with Crippen LogP contribution in [0.4, 0.5) is 5.69 Å². The van der Waals surface area contributed by atoms with Gasteiger partial charge < -0.3 is 11.1 Å². The molecular weight excluding hydrogens is 200 g/mol. The fraction of sp³-hybridized carbons (Fsp3) is 0.100. The van der Waals surface area contributed by atoms with Crippen LogP contribution in [0.25, 0.3) is 6.08 Å². The third kappa shape index (κ3) is 2.78. The normalized spacial score (nSPS) is 10.4. The average Bonchev–Trinajstić information content (AvgIpc) is 2.19. The summed E-state index contributed by atoms with van der Waals surface area (Å²) in [6, 6.07) is 5.19. The first-order chi connectivity index (χ1) is 6.63. The van der Waals surface area contributed by atoms with Crippen molar-refractivity contribution in [3.63, 3.8) is 0 Å². The lowest BCUT2D eigenvalue weighted by atomic mass is 10.2. The topological polar surface area (TPSA) is 55.1 Å². The van der Waals surface area contributed by atoms with Crippen molar-refractivity contribution in [1.82, 2.24) is 5.32 Å². The molecule has 0 unspecified atom stereocenters. The SMILES string of the molecule is CNC(=O)/C=C/c1ccc(Cl)c(N)c1. The number of amides is 1. The molecule has 0 aliphatic heterocycles. The second-order valence-electron chi connectivity index (χ2n) is 2.73. The van der Waals surface area contributed by atoms with Gasteiger partial charge in [0.15, 0.2) is 0 Å². The molecule has 0 aromatic heterocycles. The smallest absolute Gasteiger partial charge is 0.243 e. The highest BCUT2D eigenvalue weighted by Crippen LogP contribution is 2.19. The molecule has 0 spiro atoms. The van der Waals surface area contributed by atoms with Crippen LogP contribution in [0.1, 0.15) is 5.56 Å². The molecule has 0 radical (unpaired) electrons. The van der Waals surface area contributed by atoms with Crippen molar-refractivity contribution >= 4 is 29.3 Å². The van der Waals surface area contributed by atoms with E-state index in [4.69, 9.17) is 17.3 Å². The highest BCUT2D eigenvalue weighted by atomic mass is 35.5. The molecule has 0 bridgehead atoms. The Labute approximate surface area is 87.6 Å². The number of nitrogens with two attached hydrogens (primary N) is 1. The Morgan fingerprint density at radius 3 is 2.86 bits per heavy atom. The molecule has 1 amide bonds. The molecule has 74 valence electrons. The van der Waals surface area contributed by atoms with Crippen LogP contribution in [0.2, 0.25) is 5.02 Å². The lowest BCUT2D eigenvalue weighted by Crippen LogP contribution is -2.13. The number of carbonyl (C=O) groups excluding carboxylic acids is 1. The Hall–Kier alpha value is -1.48. The molecule has 0 aliphatic carbocycles. The van der Waals surface area contributed by atoms with Gasteiger partial charge in [0.05, 0.1) is 10.7 Å². The monoisotopic (exact) mass is 210 g/mol.